The van der Waals surface area contributed by atoms with Gasteiger partial charge in [-0.2, -0.15) is 0 Å². The predicted octanol–water partition coefficient (Wildman–Crippen LogP) is 3.18. The van der Waals surface area contributed by atoms with Gasteiger partial charge in [0.25, 0.3) is 0 Å². The molecular formula is C10H13F2N. The molecule has 1 nitrogen and oxygen atoms in total. The van der Waals surface area contributed by atoms with Crippen LogP contribution in [0.1, 0.15) is 19.8 Å². The Morgan fingerprint density at radius 2 is 2.00 bits per heavy atom. The van der Waals surface area contributed by atoms with Gasteiger partial charge in [-0.15, -0.1) is 0 Å². The van der Waals surface area contributed by atoms with Crippen molar-refractivity contribution in [3.8, 4) is 0 Å². The van der Waals surface area contributed by atoms with Crippen LogP contribution in [0.25, 0.3) is 0 Å². The zero-order valence-corrected chi connectivity index (χ0v) is 7.61. The van der Waals surface area contributed by atoms with Crippen LogP contribution in [0.4, 0.5) is 14.5 Å². The van der Waals surface area contributed by atoms with Crippen molar-refractivity contribution < 1.29 is 8.78 Å². The van der Waals surface area contributed by atoms with Crippen LogP contribution in [0.2, 0.25) is 0 Å². The number of unbranched alkanes of at least 4 members (excludes halogenated alkanes) is 1. The molecule has 0 saturated carbocycles. The van der Waals surface area contributed by atoms with Crippen LogP contribution in [-0.2, 0) is 0 Å². The molecular weight excluding hydrogens is 172 g/mol. The van der Waals surface area contributed by atoms with E-state index in [4.69, 9.17) is 0 Å². The number of halogens is 2. The maximum atomic E-state index is 12.7. The van der Waals surface area contributed by atoms with E-state index in [0.717, 1.165) is 25.5 Å². The minimum absolute atomic E-state index is 0.632. The molecule has 1 N–H and O–H groups in total. The first-order valence-corrected chi connectivity index (χ1v) is 4.43. The van der Waals surface area contributed by atoms with Crippen molar-refractivity contribution in [3.63, 3.8) is 0 Å². The van der Waals surface area contributed by atoms with Gasteiger partial charge in [-0.3, -0.25) is 0 Å². The molecule has 1 aromatic carbocycles. The fourth-order valence-electron chi connectivity index (χ4n) is 1.02. The lowest BCUT2D eigenvalue weighted by molar-refractivity contribution is 0.509. The summed E-state index contributed by atoms with van der Waals surface area (Å²) in [4.78, 5) is 0. The minimum atomic E-state index is -0.805. The van der Waals surface area contributed by atoms with E-state index < -0.39 is 11.6 Å². The van der Waals surface area contributed by atoms with Crippen molar-refractivity contribution in [2.45, 2.75) is 19.8 Å². The van der Waals surface area contributed by atoms with Gasteiger partial charge in [-0.1, -0.05) is 13.3 Å². The Morgan fingerprint density at radius 1 is 1.23 bits per heavy atom. The largest absolute Gasteiger partial charge is 0.385 e. The first-order chi connectivity index (χ1) is 6.24. The quantitative estimate of drug-likeness (QED) is 0.710. The second kappa shape index (κ2) is 4.80. The summed E-state index contributed by atoms with van der Waals surface area (Å²) in [6.07, 6.45) is 2.11. The lowest BCUT2D eigenvalue weighted by atomic mass is 10.3. The van der Waals surface area contributed by atoms with Gasteiger partial charge in [-0.05, 0) is 24.6 Å². The molecule has 0 bridgehead atoms. The average Bonchev–Trinajstić information content (AvgIpc) is 2.12. The van der Waals surface area contributed by atoms with Crippen molar-refractivity contribution in [1.29, 1.82) is 0 Å². The highest BCUT2D eigenvalue weighted by atomic mass is 19.2. The second-order valence-electron chi connectivity index (χ2n) is 2.91. The normalized spacial score (nSPS) is 10.1. The van der Waals surface area contributed by atoms with Gasteiger partial charge in [0, 0.05) is 12.2 Å². The fraction of sp³-hybridized carbons (Fsp3) is 0.400. The Labute approximate surface area is 76.8 Å². The van der Waals surface area contributed by atoms with Gasteiger partial charge in [0.1, 0.15) is 0 Å². The minimum Gasteiger partial charge on any atom is -0.385 e. The highest BCUT2D eigenvalue weighted by Gasteiger charge is 2.00. The molecule has 13 heavy (non-hydrogen) atoms. The summed E-state index contributed by atoms with van der Waals surface area (Å²) in [5, 5.41) is 3.01. The van der Waals surface area contributed by atoms with Crippen molar-refractivity contribution in [2.75, 3.05) is 11.9 Å². The number of nitrogens with one attached hydrogen (secondary N) is 1. The van der Waals surface area contributed by atoms with Crippen LogP contribution in [0, 0.1) is 11.6 Å². The van der Waals surface area contributed by atoms with E-state index in [-0.39, 0.29) is 0 Å². The van der Waals surface area contributed by atoms with E-state index in [2.05, 4.69) is 12.2 Å². The first kappa shape index (κ1) is 9.96. The number of hydrogen-bond acceptors (Lipinski definition) is 1. The monoisotopic (exact) mass is 185 g/mol. The van der Waals surface area contributed by atoms with E-state index in [0.29, 0.717) is 5.69 Å². The smallest absolute Gasteiger partial charge is 0.160 e. The molecule has 0 unspecified atom stereocenters. The summed E-state index contributed by atoms with van der Waals surface area (Å²) in [5.74, 6) is -1.61. The topological polar surface area (TPSA) is 12.0 Å². The summed E-state index contributed by atoms with van der Waals surface area (Å²) in [6, 6.07) is 3.84. The summed E-state index contributed by atoms with van der Waals surface area (Å²) >= 11 is 0. The molecule has 3 heteroatoms. The molecule has 0 heterocycles. The van der Waals surface area contributed by atoms with Crippen molar-refractivity contribution in [2.24, 2.45) is 0 Å². The van der Waals surface area contributed by atoms with Crippen LogP contribution in [-0.4, -0.2) is 6.54 Å². The van der Waals surface area contributed by atoms with Crippen LogP contribution in [0.15, 0.2) is 18.2 Å². The summed E-state index contributed by atoms with van der Waals surface area (Å²) in [7, 11) is 0. The van der Waals surface area contributed by atoms with Crippen molar-refractivity contribution >= 4 is 5.69 Å². The zero-order valence-electron chi connectivity index (χ0n) is 7.61. The Morgan fingerprint density at radius 3 is 2.62 bits per heavy atom. The van der Waals surface area contributed by atoms with Gasteiger partial charge >= 0.3 is 0 Å². The van der Waals surface area contributed by atoms with E-state index in [1.54, 1.807) is 0 Å². The molecule has 0 aliphatic heterocycles. The van der Waals surface area contributed by atoms with E-state index in [1.165, 1.54) is 12.1 Å². The molecule has 0 radical (unpaired) electrons. The van der Waals surface area contributed by atoms with E-state index in [1.807, 2.05) is 0 Å². The van der Waals surface area contributed by atoms with Gasteiger partial charge in [0.05, 0.1) is 0 Å². The summed E-state index contributed by atoms with van der Waals surface area (Å²) in [6.45, 7) is 2.87. The molecule has 0 atom stereocenters. The van der Waals surface area contributed by atoms with Crippen molar-refractivity contribution in [1.82, 2.24) is 0 Å². The van der Waals surface area contributed by atoms with Crippen LogP contribution < -0.4 is 5.32 Å². The third-order valence-electron chi connectivity index (χ3n) is 1.78. The predicted molar refractivity (Wildman–Crippen MR) is 49.8 cm³/mol. The third-order valence-corrected chi connectivity index (χ3v) is 1.78. The molecule has 0 aromatic heterocycles. The Bertz CT molecular complexity index is 274. The lowest BCUT2D eigenvalue weighted by Crippen LogP contribution is -2.01. The van der Waals surface area contributed by atoms with Gasteiger partial charge in [-0.25, -0.2) is 8.78 Å². The third kappa shape index (κ3) is 3.01. The fourth-order valence-corrected chi connectivity index (χ4v) is 1.02. The average molecular weight is 185 g/mol. The van der Waals surface area contributed by atoms with E-state index in [9.17, 15) is 8.78 Å². The molecule has 0 fully saturated rings. The molecule has 1 rings (SSSR count). The zero-order chi connectivity index (χ0) is 9.68. The van der Waals surface area contributed by atoms with Crippen LogP contribution in [0.5, 0.6) is 0 Å². The molecule has 0 saturated heterocycles. The van der Waals surface area contributed by atoms with Crippen molar-refractivity contribution in [3.05, 3.63) is 29.8 Å². The maximum absolute atomic E-state index is 12.7. The Kier molecular flexibility index (Phi) is 3.68. The maximum Gasteiger partial charge on any atom is 0.160 e. The Balaban J connectivity index is 2.53. The lowest BCUT2D eigenvalue weighted by Gasteiger charge is -2.04. The van der Waals surface area contributed by atoms with Crippen LogP contribution >= 0.6 is 0 Å². The highest BCUT2D eigenvalue weighted by Crippen LogP contribution is 2.12. The summed E-state index contributed by atoms with van der Waals surface area (Å²) < 4.78 is 25.2. The summed E-state index contributed by atoms with van der Waals surface area (Å²) in [5.41, 5.74) is 0.632. The number of benzene rings is 1. The molecule has 0 aliphatic carbocycles. The Hall–Kier alpha value is -1.12. The number of hydrogen-bond donors (Lipinski definition) is 1. The first-order valence-electron chi connectivity index (χ1n) is 4.43. The van der Waals surface area contributed by atoms with Crippen LogP contribution in [0.3, 0.4) is 0 Å². The van der Waals surface area contributed by atoms with Gasteiger partial charge in [0.2, 0.25) is 0 Å². The molecule has 0 aliphatic rings. The number of anilines is 1. The van der Waals surface area contributed by atoms with Gasteiger partial charge in [0.15, 0.2) is 11.6 Å². The van der Waals surface area contributed by atoms with Gasteiger partial charge < -0.3 is 5.32 Å². The SMILES string of the molecule is CCCCNc1ccc(F)c(F)c1. The highest BCUT2D eigenvalue weighted by molar-refractivity contribution is 5.43. The second-order valence-corrected chi connectivity index (χ2v) is 2.91. The molecule has 0 amide bonds. The number of rotatable bonds is 4. The molecule has 0 spiro atoms. The standard InChI is InChI=1S/C10H13F2N/c1-2-3-6-13-8-4-5-9(11)10(12)7-8/h4-5,7,13H,2-3,6H2,1H3. The molecule has 72 valence electrons. The van der Waals surface area contributed by atoms with E-state index >= 15 is 0 Å². The molecule has 1 aromatic rings.